The zero-order valence-electron chi connectivity index (χ0n) is 14.2. The topological polar surface area (TPSA) is 159 Å². The van der Waals surface area contributed by atoms with Crippen LogP contribution < -0.4 is 10.5 Å². The highest BCUT2D eigenvalue weighted by Gasteiger charge is 2.12. The van der Waals surface area contributed by atoms with Gasteiger partial charge in [0.1, 0.15) is 6.33 Å². The maximum absolute atomic E-state index is 12.0. The number of hydrogen-bond acceptors (Lipinski definition) is 8. The molecule has 12 heteroatoms. The highest BCUT2D eigenvalue weighted by molar-refractivity contribution is 7.89. The lowest BCUT2D eigenvalue weighted by molar-refractivity contribution is -0.119. The minimum absolute atomic E-state index is 0.148. The van der Waals surface area contributed by atoms with Crippen LogP contribution >= 0.6 is 0 Å². The van der Waals surface area contributed by atoms with Gasteiger partial charge in [0.15, 0.2) is 6.61 Å². The van der Waals surface area contributed by atoms with Crippen LogP contribution in [0.5, 0.6) is 0 Å². The Bertz CT molecular complexity index is 1100. The van der Waals surface area contributed by atoms with Crippen molar-refractivity contribution in [3.8, 4) is 5.69 Å². The number of rotatable bonds is 6. The van der Waals surface area contributed by atoms with Gasteiger partial charge in [-0.3, -0.25) is 4.79 Å². The van der Waals surface area contributed by atoms with Crippen molar-refractivity contribution in [3.05, 3.63) is 60.4 Å². The Morgan fingerprint density at radius 3 is 2.54 bits per heavy atom. The van der Waals surface area contributed by atoms with Crippen LogP contribution in [0, 0.1) is 0 Å². The lowest BCUT2D eigenvalue weighted by atomic mass is 10.2. The van der Waals surface area contributed by atoms with E-state index in [2.05, 4.69) is 20.8 Å². The Balaban J connectivity index is 1.56. The summed E-state index contributed by atoms with van der Waals surface area (Å²) in [6.45, 7) is -0.548. The number of esters is 1. The maximum Gasteiger partial charge on any atom is 0.338 e. The number of carbonyl (C=O) groups is 2. The quantitative estimate of drug-likeness (QED) is 0.549. The summed E-state index contributed by atoms with van der Waals surface area (Å²) >= 11 is 0. The number of amides is 1. The van der Waals surface area contributed by atoms with Crippen molar-refractivity contribution >= 4 is 27.6 Å². The van der Waals surface area contributed by atoms with E-state index < -0.39 is 28.5 Å². The van der Waals surface area contributed by atoms with Crippen LogP contribution in [-0.2, 0) is 19.6 Å². The summed E-state index contributed by atoms with van der Waals surface area (Å²) in [5.41, 5.74) is 1.09. The number of sulfonamides is 1. The van der Waals surface area contributed by atoms with Crippen molar-refractivity contribution in [3.63, 3.8) is 0 Å². The molecule has 1 amide bonds. The number of anilines is 1. The van der Waals surface area contributed by atoms with E-state index in [0.29, 0.717) is 5.69 Å². The van der Waals surface area contributed by atoms with Gasteiger partial charge >= 0.3 is 5.97 Å². The van der Waals surface area contributed by atoms with E-state index in [9.17, 15) is 18.0 Å². The van der Waals surface area contributed by atoms with E-state index in [0.717, 1.165) is 0 Å². The molecule has 0 spiro atoms. The molecule has 0 fully saturated rings. The molecule has 28 heavy (non-hydrogen) atoms. The number of benzene rings is 2. The fourth-order valence-electron chi connectivity index (χ4n) is 2.19. The lowest BCUT2D eigenvalue weighted by Crippen LogP contribution is -2.21. The van der Waals surface area contributed by atoms with Gasteiger partial charge in [0.2, 0.25) is 10.0 Å². The zero-order valence-corrected chi connectivity index (χ0v) is 15.0. The molecule has 0 saturated heterocycles. The number of aromatic nitrogens is 4. The van der Waals surface area contributed by atoms with Crippen molar-refractivity contribution in [2.24, 2.45) is 5.14 Å². The SMILES string of the molecule is NS(=O)(=O)c1cccc(NC(=O)COC(=O)c2ccc(-n3cnnn3)cc2)c1. The van der Waals surface area contributed by atoms with Gasteiger partial charge in [-0.25, -0.2) is 23.0 Å². The van der Waals surface area contributed by atoms with Crippen LogP contribution in [-0.4, -0.2) is 47.1 Å². The summed E-state index contributed by atoms with van der Waals surface area (Å²) in [4.78, 5) is 23.8. The maximum atomic E-state index is 12.0. The van der Waals surface area contributed by atoms with Gasteiger partial charge in [-0.15, -0.1) is 5.10 Å². The van der Waals surface area contributed by atoms with Gasteiger partial charge in [0, 0.05) is 5.69 Å². The number of nitrogens with one attached hydrogen (secondary N) is 1. The molecule has 0 aliphatic rings. The number of carbonyl (C=O) groups excluding carboxylic acids is 2. The Morgan fingerprint density at radius 1 is 1.14 bits per heavy atom. The smallest absolute Gasteiger partial charge is 0.338 e. The highest BCUT2D eigenvalue weighted by atomic mass is 32.2. The molecule has 3 rings (SSSR count). The molecule has 1 aromatic heterocycles. The van der Waals surface area contributed by atoms with Crippen molar-refractivity contribution in [1.29, 1.82) is 0 Å². The molecule has 0 aliphatic carbocycles. The number of nitrogens with zero attached hydrogens (tertiary/aromatic N) is 4. The summed E-state index contributed by atoms with van der Waals surface area (Å²) in [5.74, 6) is -1.33. The molecule has 3 aromatic rings. The van der Waals surface area contributed by atoms with Crippen LogP contribution in [0.3, 0.4) is 0 Å². The van der Waals surface area contributed by atoms with Gasteiger partial charge in [-0.05, 0) is 52.9 Å². The first-order valence-electron chi connectivity index (χ1n) is 7.76. The molecule has 1 heterocycles. The molecule has 0 atom stereocenters. The van der Waals surface area contributed by atoms with Crippen LogP contribution in [0.2, 0.25) is 0 Å². The summed E-state index contributed by atoms with van der Waals surface area (Å²) in [6, 6.07) is 11.6. The van der Waals surface area contributed by atoms with Gasteiger partial charge in [0.25, 0.3) is 5.91 Å². The zero-order chi connectivity index (χ0) is 20.1. The van der Waals surface area contributed by atoms with Crippen LogP contribution in [0.15, 0.2) is 59.8 Å². The highest BCUT2D eigenvalue weighted by Crippen LogP contribution is 2.14. The summed E-state index contributed by atoms with van der Waals surface area (Å²) in [7, 11) is -3.89. The van der Waals surface area contributed by atoms with E-state index in [-0.39, 0.29) is 16.1 Å². The Kier molecular flexibility index (Phi) is 5.42. The van der Waals surface area contributed by atoms with Crippen molar-refractivity contribution in [2.45, 2.75) is 4.90 Å². The second kappa shape index (κ2) is 7.94. The van der Waals surface area contributed by atoms with Gasteiger partial charge in [-0.1, -0.05) is 6.07 Å². The van der Waals surface area contributed by atoms with Crippen molar-refractivity contribution in [1.82, 2.24) is 20.2 Å². The van der Waals surface area contributed by atoms with Crippen molar-refractivity contribution < 1.29 is 22.7 Å². The number of tetrazole rings is 1. The molecule has 144 valence electrons. The summed E-state index contributed by atoms with van der Waals surface area (Å²) in [5, 5.41) is 18.2. The largest absolute Gasteiger partial charge is 0.452 e. The van der Waals surface area contributed by atoms with Gasteiger partial charge in [0.05, 0.1) is 16.1 Å². The van der Waals surface area contributed by atoms with Gasteiger partial charge < -0.3 is 10.1 Å². The molecule has 2 aromatic carbocycles. The average molecular weight is 402 g/mol. The van der Waals surface area contributed by atoms with Crippen LogP contribution in [0.4, 0.5) is 5.69 Å². The Morgan fingerprint density at radius 2 is 1.89 bits per heavy atom. The second-order valence-corrected chi connectivity index (χ2v) is 7.06. The molecular weight excluding hydrogens is 388 g/mol. The molecule has 0 aliphatic heterocycles. The van der Waals surface area contributed by atoms with E-state index in [1.165, 1.54) is 47.4 Å². The van der Waals surface area contributed by atoms with Crippen LogP contribution in [0.25, 0.3) is 5.69 Å². The fourth-order valence-corrected chi connectivity index (χ4v) is 2.75. The van der Waals surface area contributed by atoms with Crippen molar-refractivity contribution in [2.75, 3.05) is 11.9 Å². The van der Waals surface area contributed by atoms with E-state index >= 15 is 0 Å². The molecule has 0 saturated carbocycles. The average Bonchev–Trinajstić information content (AvgIpc) is 3.20. The monoisotopic (exact) mass is 402 g/mol. The normalized spacial score (nSPS) is 11.0. The van der Waals surface area contributed by atoms with E-state index in [4.69, 9.17) is 9.88 Å². The predicted octanol–water partition coefficient (Wildman–Crippen LogP) is 0.105. The summed E-state index contributed by atoms with van der Waals surface area (Å²) < 4.78 is 29.0. The third kappa shape index (κ3) is 4.75. The third-order valence-corrected chi connectivity index (χ3v) is 4.41. The lowest BCUT2D eigenvalue weighted by Gasteiger charge is -2.08. The molecule has 3 N–H and O–H groups in total. The standard InChI is InChI=1S/C16H14N6O5S/c17-28(25,26)14-3-1-2-12(8-14)19-15(23)9-27-16(24)11-4-6-13(7-5-11)22-10-18-20-21-22/h1-8,10H,9H2,(H,19,23)(H2,17,25,26). The first-order chi connectivity index (χ1) is 13.3. The van der Waals surface area contributed by atoms with Crippen LogP contribution in [0.1, 0.15) is 10.4 Å². The summed E-state index contributed by atoms with van der Waals surface area (Å²) in [6.07, 6.45) is 1.41. The molecule has 0 unspecified atom stereocenters. The molecular formula is C16H14N6O5S. The minimum Gasteiger partial charge on any atom is -0.452 e. The molecule has 0 bridgehead atoms. The third-order valence-electron chi connectivity index (χ3n) is 3.50. The predicted molar refractivity (Wildman–Crippen MR) is 95.9 cm³/mol. The number of ether oxygens (including phenoxy) is 1. The first-order valence-corrected chi connectivity index (χ1v) is 9.31. The minimum atomic E-state index is -3.89. The van der Waals surface area contributed by atoms with Gasteiger partial charge in [-0.2, -0.15) is 0 Å². The second-order valence-electron chi connectivity index (χ2n) is 5.50. The Labute approximate surface area is 159 Å². The van der Waals surface area contributed by atoms with E-state index in [1.807, 2.05) is 0 Å². The fraction of sp³-hybridized carbons (Fsp3) is 0.0625. The first kappa shape index (κ1) is 19.1. The molecule has 11 nitrogen and oxygen atoms in total. The Hall–Kier alpha value is -3.64. The van der Waals surface area contributed by atoms with E-state index in [1.54, 1.807) is 12.1 Å². The number of hydrogen-bond donors (Lipinski definition) is 2. The number of primary sulfonamides is 1. The molecule has 0 radical (unpaired) electrons. The number of nitrogens with two attached hydrogens (primary N) is 1.